The van der Waals surface area contributed by atoms with Gasteiger partial charge in [-0.3, -0.25) is 30.1 Å². The van der Waals surface area contributed by atoms with Crippen LogP contribution < -0.4 is 16.2 Å². The Morgan fingerprint density at radius 2 is 1.90 bits per heavy atom. The maximum atomic E-state index is 13.0. The largest absolute Gasteiger partial charge is 0.325 e. The molecule has 5 amide bonds. The van der Waals surface area contributed by atoms with Gasteiger partial charge in [0.2, 0.25) is 0 Å². The molecule has 3 N–H and O–H groups in total. The quantitative estimate of drug-likeness (QED) is 0.514. The molecule has 3 rings (SSSR count). The summed E-state index contributed by atoms with van der Waals surface area (Å²) in [4.78, 5) is 50.7. The van der Waals surface area contributed by atoms with Crippen LogP contribution >= 0.6 is 11.6 Å². The maximum absolute atomic E-state index is 13.0. The van der Waals surface area contributed by atoms with E-state index in [1.54, 1.807) is 18.2 Å². The molecule has 2 aliphatic rings. The van der Waals surface area contributed by atoms with Gasteiger partial charge in [-0.15, -0.1) is 0 Å². The van der Waals surface area contributed by atoms with Crippen molar-refractivity contribution in [2.24, 2.45) is 11.3 Å². The first-order valence-corrected chi connectivity index (χ1v) is 9.89. The van der Waals surface area contributed by atoms with Crippen LogP contribution in [0.2, 0.25) is 5.02 Å². The minimum Gasteiger partial charge on any atom is -0.323 e. The van der Waals surface area contributed by atoms with Crippen LogP contribution in [-0.2, 0) is 9.59 Å². The van der Waals surface area contributed by atoms with Gasteiger partial charge >= 0.3 is 6.03 Å². The number of hydrazine groups is 1. The van der Waals surface area contributed by atoms with E-state index in [0.29, 0.717) is 12.8 Å². The molecule has 1 aromatic rings. The zero-order valence-corrected chi connectivity index (χ0v) is 17.4. The van der Waals surface area contributed by atoms with E-state index in [1.165, 1.54) is 6.07 Å². The number of hydrogen-bond acceptors (Lipinski definition) is 4. The molecule has 1 aromatic carbocycles. The van der Waals surface area contributed by atoms with Gasteiger partial charge in [0.05, 0.1) is 10.6 Å². The van der Waals surface area contributed by atoms with Crippen LogP contribution in [0, 0.1) is 11.3 Å². The number of halogens is 1. The fourth-order valence-corrected chi connectivity index (χ4v) is 4.89. The smallest absolute Gasteiger partial charge is 0.323 e. The number of imide groups is 1. The third-order valence-corrected chi connectivity index (χ3v) is 5.69. The Hall–Kier alpha value is -2.61. The van der Waals surface area contributed by atoms with E-state index in [-0.39, 0.29) is 21.9 Å². The van der Waals surface area contributed by atoms with E-state index in [4.69, 9.17) is 11.6 Å². The lowest BCUT2D eigenvalue weighted by Gasteiger charge is -2.43. The molecule has 1 spiro atoms. The first kappa shape index (κ1) is 21.1. The van der Waals surface area contributed by atoms with Crippen molar-refractivity contribution in [3.05, 3.63) is 34.9 Å². The zero-order chi connectivity index (χ0) is 21.4. The molecule has 2 atom stereocenters. The van der Waals surface area contributed by atoms with Crippen molar-refractivity contribution in [1.82, 2.24) is 21.1 Å². The lowest BCUT2D eigenvalue weighted by molar-refractivity contribution is -0.137. The predicted octanol–water partition coefficient (Wildman–Crippen LogP) is 2.24. The molecule has 1 heterocycles. The second-order valence-corrected chi connectivity index (χ2v) is 9.15. The summed E-state index contributed by atoms with van der Waals surface area (Å²) in [5, 5.41) is 3.05. The van der Waals surface area contributed by atoms with Crippen LogP contribution in [-0.4, -0.2) is 40.7 Å². The fourth-order valence-electron chi connectivity index (χ4n) is 4.67. The van der Waals surface area contributed by atoms with Crippen LogP contribution in [0.25, 0.3) is 0 Å². The lowest BCUT2D eigenvalue weighted by atomic mass is 9.64. The van der Waals surface area contributed by atoms with Crippen LogP contribution in [0.1, 0.15) is 50.4 Å². The number of hydrogen-bond donors (Lipinski definition) is 3. The number of benzene rings is 1. The second-order valence-electron chi connectivity index (χ2n) is 8.74. The lowest BCUT2D eigenvalue weighted by Crippen LogP contribution is -2.54. The number of urea groups is 1. The summed E-state index contributed by atoms with van der Waals surface area (Å²) in [5.41, 5.74) is 3.59. The Bertz CT molecular complexity index is 872. The summed E-state index contributed by atoms with van der Waals surface area (Å²) in [6.07, 6.45) is 2.03. The van der Waals surface area contributed by atoms with Gasteiger partial charge in [-0.2, -0.15) is 0 Å². The van der Waals surface area contributed by atoms with Gasteiger partial charge in [-0.1, -0.05) is 44.5 Å². The average Bonchev–Trinajstić information content (AvgIpc) is 2.81. The van der Waals surface area contributed by atoms with Gasteiger partial charge in [0, 0.05) is 0 Å². The molecule has 1 aliphatic heterocycles. The van der Waals surface area contributed by atoms with Crippen molar-refractivity contribution in [2.45, 2.75) is 45.6 Å². The molecule has 0 unspecified atom stereocenters. The maximum Gasteiger partial charge on any atom is 0.325 e. The Morgan fingerprint density at radius 1 is 1.21 bits per heavy atom. The summed E-state index contributed by atoms with van der Waals surface area (Å²) in [6.45, 7) is 5.72. The molecule has 0 bridgehead atoms. The molecule has 2 fully saturated rings. The fraction of sp³-hybridized carbons (Fsp3) is 0.500. The number of rotatable bonds is 3. The van der Waals surface area contributed by atoms with Crippen LogP contribution in [0.15, 0.2) is 24.3 Å². The van der Waals surface area contributed by atoms with Crippen LogP contribution in [0.5, 0.6) is 0 Å². The highest BCUT2D eigenvalue weighted by atomic mass is 35.5. The van der Waals surface area contributed by atoms with E-state index < -0.39 is 35.8 Å². The molecule has 1 saturated heterocycles. The van der Waals surface area contributed by atoms with Crippen molar-refractivity contribution in [2.75, 3.05) is 6.54 Å². The normalized spacial score (nSPS) is 25.7. The van der Waals surface area contributed by atoms with E-state index >= 15 is 0 Å². The minimum atomic E-state index is -0.973. The number of carbonyl (C=O) groups excluding carboxylic acids is 4. The number of amides is 5. The molecule has 0 radical (unpaired) electrons. The Kier molecular flexibility index (Phi) is 5.58. The Labute approximate surface area is 174 Å². The van der Waals surface area contributed by atoms with E-state index in [0.717, 1.165) is 11.3 Å². The summed E-state index contributed by atoms with van der Waals surface area (Å²) >= 11 is 5.95. The highest BCUT2D eigenvalue weighted by molar-refractivity contribution is 6.33. The zero-order valence-electron chi connectivity index (χ0n) is 16.7. The average molecular weight is 421 g/mol. The Balaban J connectivity index is 1.62. The summed E-state index contributed by atoms with van der Waals surface area (Å²) in [7, 11) is 0. The van der Waals surface area contributed by atoms with E-state index in [2.05, 4.69) is 36.9 Å². The van der Waals surface area contributed by atoms with Crippen molar-refractivity contribution >= 4 is 35.4 Å². The number of nitrogens with zero attached hydrogens (tertiary/aromatic N) is 1. The first-order chi connectivity index (χ1) is 13.5. The van der Waals surface area contributed by atoms with Gasteiger partial charge in [0.15, 0.2) is 0 Å². The van der Waals surface area contributed by atoms with Gasteiger partial charge in [0.1, 0.15) is 12.1 Å². The van der Waals surface area contributed by atoms with Crippen molar-refractivity contribution in [1.29, 1.82) is 0 Å². The molecule has 9 heteroatoms. The number of carbonyl (C=O) groups is 4. The van der Waals surface area contributed by atoms with Crippen LogP contribution in [0.4, 0.5) is 4.79 Å². The monoisotopic (exact) mass is 420 g/mol. The summed E-state index contributed by atoms with van der Waals surface area (Å²) < 4.78 is 0. The summed E-state index contributed by atoms with van der Waals surface area (Å²) in [5.74, 6) is -1.41. The van der Waals surface area contributed by atoms with Crippen molar-refractivity contribution in [3.8, 4) is 0 Å². The van der Waals surface area contributed by atoms with Crippen molar-refractivity contribution in [3.63, 3.8) is 0 Å². The second kappa shape index (κ2) is 7.67. The topological polar surface area (TPSA) is 108 Å². The SMILES string of the molecule is C[C@H]1CC(C)(C)C[C@]2(C1)NC(=O)N(CC(=O)NNC(=O)c1ccccc1Cl)C2=O. The molecule has 1 aliphatic carbocycles. The Morgan fingerprint density at radius 3 is 2.55 bits per heavy atom. The standard InChI is InChI=1S/C20H25ClN4O4/c1-12-8-19(2,3)11-20(9-12)17(28)25(18(29)22-20)10-15(26)23-24-16(27)13-6-4-5-7-14(13)21/h4-7,12H,8-11H2,1-3H3,(H,22,29)(H,23,26)(H,24,27)/t12-,20-/m0/s1. The molecule has 8 nitrogen and oxygen atoms in total. The minimum absolute atomic E-state index is 0.0954. The van der Waals surface area contributed by atoms with E-state index in [9.17, 15) is 19.2 Å². The molecule has 1 saturated carbocycles. The van der Waals surface area contributed by atoms with Crippen molar-refractivity contribution < 1.29 is 19.2 Å². The molecule has 0 aromatic heterocycles. The molecular formula is C20H25ClN4O4. The van der Waals surface area contributed by atoms with Crippen LogP contribution in [0.3, 0.4) is 0 Å². The van der Waals surface area contributed by atoms with Gasteiger partial charge < -0.3 is 5.32 Å². The van der Waals surface area contributed by atoms with Gasteiger partial charge in [-0.05, 0) is 42.7 Å². The van der Waals surface area contributed by atoms with E-state index in [1.807, 2.05) is 0 Å². The number of nitrogens with one attached hydrogen (secondary N) is 3. The predicted molar refractivity (Wildman–Crippen MR) is 107 cm³/mol. The molecule has 156 valence electrons. The third-order valence-electron chi connectivity index (χ3n) is 5.36. The van der Waals surface area contributed by atoms with Gasteiger partial charge in [-0.25, -0.2) is 4.79 Å². The molecule has 29 heavy (non-hydrogen) atoms. The highest BCUT2D eigenvalue weighted by Gasteiger charge is 2.56. The molecular weight excluding hydrogens is 396 g/mol. The first-order valence-electron chi connectivity index (χ1n) is 9.51. The van der Waals surface area contributed by atoms with Gasteiger partial charge in [0.25, 0.3) is 17.7 Å². The highest BCUT2D eigenvalue weighted by Crippen LogP contribution is 2.46. The third kappa shape index (κ3) is 4.37. The summed E-state index contributed by atoms with van der Waals surface area (Å²) in [6, 6.07) is 5.79.